The lowest BCUT2D eigenvalue weighted by Crippen LogP contribution is -2.14. The SMILES string of the molecule is N#Cc1ccc(-n2c3ccccc3c3cc(C#N)ccc32)c(-c2cc(-n3c4ccccc4c4cc(C#N)ccc43)ccc2-c2c(C(F)(F)F)cccc2C(F)(F)F)c1. The Morgan fingerprint density at radius 3 is 1.43 bits per heavy atom. The van der Waals surface area contributed by atoms with Crippen LogP contribution >= 0.6 is 0 Å². The molecule has 9 aromatic rings. The molecule has 0 N–H and O–H groups in total. The van der Waals surface area contributed by atoms with Crippen LogP contribution in [0.25, 0.3) is 77.2 Å². The normalized spacial score (nSPS) is 11.9. The second-order valence-electron chi connectivity index (χ2n) is 13.7. The number of nitrogens with zero attached hydrogens (tertiary/aromatic N) is 5. The molecule has 278 valence electrons. The van der Waals surface area contributed by atoms with E-state index in [1.807, 2.05) is 51.6 Å². The smallest absolute Gasteiger partial charge is 0.309 e. The van der Waals surface area contributed by atoms with Crippen LogP contribution in [0.2, 0.25) is 0 Å². The number of hydrogen-bond donors (Lipinski definition) is 0. The summed E-state index contributed by atoms with van der Waals surface area (Å²) < 4.78 is 93.2. The summed E-state index contributed by atoms with van der Waals surface area (Å²) in [4.78, 5) is 0. The molecule has 11 heteroatoms. The third kappa shape index (κ3) is 5.62. The number of aromatic nitrogens is 2. The first kappa shape index (κ1) is 35.9. The highest BCUT2D eigenvalue weighted by Gasteiger charge is 2.42. The lowest BCUT2D eigenvalue weighted by molar-refractivity contribution is -0.142. The molecular weight excluding hydrogens is 749 g/mol. The number of para-hydroxylation sites is 2. The summed E-state index contributed by atoms with van der Waals surface area (Å²) >= 11 is 0. The molecule has 0 aliphatic carbocycles. The Kier molecular flexibility index (Phi) is 8.13. The van der Waals surface area contributed by atoms with Gasteiger partial charge >= 0.3 is 12.4 Å². The third-order valence-corrected chi connectivity index (χ3v) is 10.5. The van der Waals surface area contributed by atoms with E-state index in [4.69, 9.17) is 0 Å². The van der Waals surface area contributed by atoms with Crippen molar-refractivity contribution in [3.05, 3.63) is 167 Å². The summed E-state index contributed by atoms with van der Waals surface area (Å²) in [5, 5.41) is 32.6. The largest absolute Gasteiger partial charge is 0.417 e. The number of hydrogen-bond acceptors (Lipinski definition) is 3. The zero-order chi connectivity index (χ0) is 40.5. The minimum atomic E-state index is -5.18. The van der Waals surface area contributed by atoms with Crippen molar-refractivity contribution >= 4 is 43.6 Å². The fourth-order valence-corrected chi connectivity index (χ4v) is 8.07. The van der Waals surface area contributed by atoms with Crippen LogP contribution < -0.4 is 0 Å². The van der Waals surface area contributed by atoms with Gasteiger partial charge < -0.3 is 9.13 Å². The minimum absolute atomic E-state index is 0.00838. The zero-order valence-electron chi connectivity index (χ0n) is 29.8. The van der Waals surface area contributed by atoms with Crippen LogP contribution in [0, 0.1) is 34.0 Å². The van der Waals surface area contributed by atoms with E-state index in [-0.39, 0.29) is 22.3 Å². The quantitative estimate of drug-likeness (QED) is 0.167. The van der Waals surface area contributed by atoms with E-state index in [0.717, 1.165) is 22.2 Å². The van der Waals surface area contributed by atoms with Crippen molar-refractivity contribution in [2.45, 2.75) is 12.4 Å². The molecule has 0 atom stereocenters. The van der Waals surface area contributed by atoms with Crippen LogP contribution in [0.3, 0.4) is 0 Å². The van der Waals surface area contributed by atoms with Crippen LogP contribution in [0.4, 0.5) is 26.3 Å². The van der Waals surface area contributed by atoms with Crippen molar-refractivity contribution in [3.8, 4) is 51.8 Å². The molecule has 0 spiro atoms. The average molecular weight is 772 g/mol. The van der Waals surface area contributed by atoms with Crippen LogP contribution in [0.1, 0.15) is 27.8 Å². The van der Waals surface area contributed by atoms with E-state index in [1.165, 1.54) is 24.3 Å². The first-order valence-corrected chi connectivity index (χ1v) is 17.7. The van der Waals surface area contributed by atoms with Crippen molar-refractivity contribution in [2.75, 3.05) is 0 Å². The molecular formula is C47H23F6N5. The van der Waals surface area contributed by atoms with Gasteiger partial charge in [-0.1, -0.05) is 48.5 Å². The zero-order valence-corrected chi connectivity index (χ0v) is 29.8. The predicted molar refractivity (Wildman–Crippen MR) is 210 cm³/mol. The second kappa shape index (κ2) is 13.2. The second-order valence-corrected chi connectivity index (χ2v) is 13.7. The van der Waals surface area contributed by atoms with Crippen molar-refractivity contribution in [1.82, 2.24) is 9.13 Å². The van der Waals surface area contributed by atoms with Gasteiger partial charge in [-0.2, -0.15) is 42.1 Å². The van der Waals surface area contributed by atoms with Gasteiger partial charge in [-0.25, -0.2) is 0 Å². The van der Waals surface area contributed by atoms with Crippen molar-refractivity contribution in [3.63, 3.8) is 0 Å². The summed E-state index contributed by atoms with van der Waals surface area (Å²) in [6.07, 6.45) is -10.4. The van der Waals surface area contributed by atoms with E-state index in [9.17, 15) is 42.1 Å². The molecule has 9 rings (SSSR count). The topological polar surface area (TPSA) is 81.2 Å². The molecule has 0 unspecified atom stereocenters. The first-order valence-electron chi connectivity index (χ1n) is 17.7. The molecule has 0 bridgehead atoms. The molecule has 0 saturated carbocycles. The lowest BCUT2D eigenvalue weighted by Gasteiger charge is -2.23. The maximum Gasteiger partial charge on any atom is 0.417 e. The van der Waals surface area contributed by atoms with Gasteiger partial charge in [0.05, 0.1) is 73.8 Å². The average Bonchev–Trinajstić information content (AvgIpc) is 3.74. The molecule has 0 radical (unpaired) electrons. The summed E-state index contributed by atoms with van der Waals surface area (Å²) in [7, 11) is 0. The monoisotopic (exact) mass is 771 g/mol. The molecule has 7 aromatic carbocycles. The highest BCUT2D eigenvalue weighted by molar-refractivity contribution is 6.11. The van der Waals surface area contributed by atoms with Gasteiger partial charge in [0.1, 0.15) is 0 Å². The van der Waals surface area contributed by atoms with Crippen LogP contribution in [-0.2, 0) is 12.4 Å². The number of halogens is 6. The van der Waals surface area contributed by atoms with E-state index < -0.39 is 29.0 Å². The summed E-state index contributed by atoms with van der Waals surface area (Å²) in [6.45, 7) is 0. The maximum atomic E-state index is 14.9. The van der Waals surface area contributed by atoms with E-state index >= 15 is 0 Å². The van der Waals surface area contributed by atoms with Gasteiger partial charge in [0.25, 0.3) is 0 Å². The lowest BCUT2D eigenvalue weighted by atomic mass is 9.86. The Morgan fingerprint density at radius 1 is 0.397 bits per heavy atom. The van der Waals surface area contributed by atoms with Crippen molar-refractivity contribution < 1.29 is 26.3 Å². The van der Waals surface area contributed by atoms with Gasteiger partial charge in [-0.3, -0.25) is 0 Å². The highest BCUT2D eigenvalue weighted by Crippen LogP contribution is 2.49. The molecule has 0 aliphatic rings. The molecule has 58 heavy (non-hydrogen) atoms. The van der Waals surface area contributed by atoms with Crippen LogP contribution in [0.15, 0.2) is 140 Å². The fourth-order valence-electron chi connectivity index (χ4n) is 8.07. The number of nitriles is 3. The van der Waals surface area contributed by atoms with Gasteiger partial charge in [-0.15, -0.1) is 0 Å². The van der Waals surface area contributed by atoms with Gasteiger partial charge in [0.2, 0.25) is 0 Å². The summed E-state index contributed by atoms with van der Waals surface area (Å²) in [5.41, 5.74) is 0.0793. The first-order chi connectivity index (χ1) is 27.9. The molecule has 0 saturated heterocycles. The van der Waals surface area contributed by atoms with Crippen molar-refractivity contribution in [2.24, 2.45) is 0 Å². The van der Waals surface area contributed by atoms with E-state index in [1.54, 1.807) is 54.6 Å². The number of alkyl halides is 6. The van der Waals surface area contributed by atoms with E-state index in [2.05, 4.69) is 18.2 Å². The van der Waals surface area contributed by atoms with Gasteiger partial charge in [0, 0.05) is 38.4 Å². The Morgan fingerprint density at radius 2 is 0.879 bits per heavy atom. The van der Waals surface area contributed by atoms with Crippen LogP contribution in [0.5, 0.6) is 0 Å². The predicted octanol–water partition coefficient (Wildman–Crippen LogP) is 12.9. The molecule has 0 aliphatic heterocycles. The standard InChI is InChI=1S/C47H23F6N5/c48-46(49,50)38-8-5-9-39(47(51,52)53)45(38)33-16-15-30(57-40-10-3-1-6-31(40)35-20-27(24-54)12-17-42(35)57)23-34(33)37-22-29(26-56)14-19-44(37)58-41-11-4-2-7-32(41)36-21-28(25-55)13-18-43(36)58/h1-23H. The Labute approximate surface area is 325 Å². The molecule has 2 aromatic heterocycles. The Bertz CT molecular complexity index is 3280. The minimum Gasteiger partial charge on any atom is -0.309 e. The third-order valence-electron chi connectivity index (χ3n) is 10.5. The molecule has 0 amide bonds. The number of rotatable bonds is 4. The fraction of sp³-hybridized carbons (Fsp3) is 0.0426. The Hall–Kier alpha value is -7.81. The Balaban J connectivity index is 1.46. The molecule has 2 heterocycles. The maximum absolute atomic E-state index is 14.9. The van der Waals surface area contributed by atoms with E-state index in [0.29, 0.717) is 62.1 Å². The molecule has 5 nitrogen and oxygen atoms in total. The number of fused-ring (bicyclic) bond motifs is 6. The molecule has 0 fully saturated rings. The van der Waals surface area contributed by atoms with Gasteiger partial charge in [0.15, 0.2) is 0 Å². The summed E-state index contributed by atoms with van der Waals surface area (Å²) in [6, 6.07) is 42.2. The van der Waals surface area contributed by atoms with Crippen molar-refractivity contribution in [1.29, 1.82) is 15.8 Å². The number of benzene rings is 7. The van der Waals surface area contributed by atoms with Crippen LogP contribution in [-0.4, -0.2) is 9.13 Å². The summed E-state index contributed by atoms with van der Waals surface area (Å²) in [5.74, 6) is 0. The highest BCUT2D eigenvalue weighted by atomic mass is 19.4. The van der Waals surface area contributed by atoms with Gasteiger partial charge in [-0.05, 0) is 102 Å².